The lowest BCUT2D eigenvalue weighted by atomic mass is 9.87. The van der Waals surface area contributed by atoms with Crippen LogP contribution in [-0.2, 0) is 27.4 Å². The van der Waals surface area contributed by atoms with E-state index in [2.05, 4.69) is 11.4 Å². The van der Waals surface area contributed by atoms with Gasteiger partial charge in [-0.05, 0) is 36.0 Å². The monoisotopic (exact) mass is 392 g/mol. The molecule has 2 atom stereocenters. The van der Waals surface area contributed by atoms with Crippen LogP contribution in [0.3, 0.4) is 0 Å². The maximum Gasteiger partial charge on any atom is 0.411 e. The zero-order valence-electron chi connectivity index (χ0n) is 16.2. The number of likely N-dealkylation sites (tertiary alicyclic amines) is 1. The highest BCUT2D eigenvalue weighted by Gasteiger charge is 2.40. The minimum absolute atomic E-state index is 0.0284. The number of nitrogens with zero attached hydrogens (tertiary/aromatic N) is 1. The predicted octanol–water partition coefficient (Wildman–Crippen LogP) is 3.16. The maximum absolute atomic E-state index is 12.9. The minimum atomic E-state index is -0.820. The van der Waals surface area contributed by atoms with Gasteiger partial charge in [0, 0.05) is 6.42 Å². The topological polar surface area (TPSA) is 75.7 Å². The van der Waals surface area contributed by atoms with Gasteiger partial charge in [0.25, 0.3) is 0 Å². The number of rotatable bonds is 4. The van der Waals surface area contributed by atoms with Crippen molar-refractivity contribution >= 4 is 17.8 Å². The molecule has 4 rings (SSSR count). The lowest BCUT2D eigenvalue weighted by Gasteiger charge is -2.29. The molecule has 29 heavy (non-hydrogen) atoms. The van der Waals surface area contributed by atoms with Crippen LogP contribution in [0.25, 0.3) is 0 Å². The molecule has 2 amide bonds. The van der Waals surface area contributed by atoms with Crippen LogP contribution in [0.4, 0.5) is 4.79 Å². The summed E-state index contributed by atoms with van der Waals surface area (Å²) < 4.78 is 5.34. The molecule has 1 heterocycles. The van der Waals surface area contributed by atoms with Crippen LogP contribution in [-0.4, -0.2) is 35.3 Å². The van der Waals surface area contributed by atoms with Gasteiger partial charge >= 0.3 is 6.09 Å². The molecule has 1 N–H and O–H groups in total. The Morgan fingerprint density at radius 2 is 1.83 bits per heavy atom. The molecule has 2 aromatic carbocycles. The first-order valence-electron chi connectivity index (χ1n) is 9.99. The summed E-state index contributed by atoms with van der Waals surface area (Å²) >= 11 is 0. The molecule has 0 bridgehead atoms. The number of carbonyl (C=O) groups is 3. The molecular formula is C23H24N2O4. The second-order valence-corrected chi connectivity index (χ2v) is 7.58. The van der Waals surface area contributed by atoms with Crippen molar-refractivity contribution in [2.75, 3.05) is 6.54 Å². The van der Waals surface area contributed by atoms with E-state index in [-0.39, 0.29) is 37.3 Å². The summed E-state index contributed by atoms with van der Waals surface area (Å²) in [5.74, 6) is -0.430. The molecule has 150 valence electrons. The van der Waals surface area contributed by atoms with Crippen LogP contribution in [0.1, 0.15) is 42.0 Å². The van der Waals surface area contributed by atoms with Crippen LogP contribution >= 0.6 is 0 Å². The number of Topliss-reactive ketones (excluding diaryl/α,β-unsaturated/α-hetero) is 1. The molecule has 2 aromatic rings. The van der Waals surface area contributed by atoms with Crippen molar-refractivity contribution in [3.8, 4) is 0 Å². The summed E-state index contributed by atoms with van der Waals surface area (Å²) in [4.78, 5) is 38.7. The first kappa shape index (κ1) is 19.2. The largest absolute Gasteiger partial charge is 0.445 e. The van der Waals surface area contributed by atoms with E-state index in [9.17, 15) is 14.4 Å². The summed E-state index contributed by atoms with van der Waals surface area (Å²) in [6.45, 7) is 0.0155. The highest BCUT2D eigenvalue weighted by atomic mass is 16.6. The third-order valence-corrected chi connectivity index (χ3v) is 5.57. The van der Waals surface area contributed by atoms with E-state index < -0.39 is 12.1 Å². The Balaban J connectivity index is 1.42. The third-order valence-electron chi connectivity index (χ3n) is 5.57. The summed E-state index contributed by atoms with van der Waals surface area (Å²) in [6, 6.07) is 16.5. The van der Waals surface area contributed by atoms with Crippen LogP contribution in [0.2, 0.25) is 0 Å². The van der Waals surface area contributed by atoms with Crippen molar-refractivity contribution in [1.82, 2.24) is 10.2 Å². The molecule has 2 aliphatic rings. The average Bonchev–Trinajstić information content (AvgIpc) is 3.15. The van der Waals surface area contributed by atoms with E-state index in [0.29, 0.717) is 0 Å². The Labute approximate surface area is 169 Å². The number of aryl methyl sites for hydroxylation is 1. The second kappa shape index (κ2) is 8.47. The predicted molar refractivity (Wildman–Crippen MR) is 107 cm³/mol. The molecule has 6 nitrogen and oxygen atoms in total. The fourth-order valence-corrected chi connectivity index (χ4v) is 4.09. The van der Waals surface area contributed by atoms with Crippen LogP contribution in [0, 0.1) is 0 Å². The normalized spacial score (nSPS) is 20.8. The van der Waals surface area contributed by atoms with Crippen molar-refractivity contribution in [2.45, 2.75) is 44.4 Å². The number of ether oxygens (including phenoxy) is 1. The summed E-state index contributed by atoms with van der Waals surface area (Å²) in [7, 11) is 0. The molecular weight excluding hydrogens is 368 g/mol. The standard InChI is InChI=1S/C23H24N2O4/c26-18-13-21(25(14-18)23(28)29-15-16-7-2-1-3-8-16)22(27)24-20-12-6-10-17-9-4-5-11-19(17)20/h1-5,7-9,11,20-21H,6,10,12-15H2,(H,24,27)/t20?,21-/m0/s1. The van der Waals surface area contributed by atoms with Gasteiger partial charge in [-0.25, -0.2) is 4.79 Å². The van der Waals surface area contributed by atoms with E-state index in [4.69, 9.17) is 4.74 Å². The average molecular weight is 392 g/mol. The lowest BCUT2D eigenvalue weighted by molar-refractivity contribution is -0.126. The van der Waals surface area contributed by atoms with Gasteiger partial charge in [0.2, 0.25) is 5.91 Å². The zero-order valence-corrected chi connectivity index (χ0v) is 16.2. The number of hydrogen-bond donors (Lipinski definition) is 1. The Bertz CT molecular complexity index is 912. The Kier molecular flexibility index (Phi) is 5.60. The fourth-order valence-electron chi connectivity index (χ4n) is 4.09. The van der Waals surface area contributed by atoms with E-state index >= 15 is 0 Å². The van der Waals surface area contributed by atoms with Crippen molar-refractivity contribution in [2.24, 2.45) is 0 Å². The molecule has 0 aromatic heterocycles. The molecule has 1 fully saturated rings. The van der Waals surface area contributed by atoms with Gasteiger partial charge < -0.3 is 10.1 Å². The fraction of sp³-hybridized carbons (Fsp3) is 0.348. The second-order valence-electron chi connectivity index (χ2n) is 7.58. The summed E-state index contributed by atoms with van der Waals surface area (Å²) in [5, 5.41) is 3.06. The molecule has 1 aliphatic carbocycles. The van der Waals surface area contributed by atoms with Gasteiger partial charge in [-0.2, -0.15) is 0 Å². The van der Waals surface area contributed by atoms with Gasteiger partial charge in [0.15, 0.2) is 5.78 Å². The number of ketones is 1. The van der Waals surface area contributed by atoms with E-state index in [1.54, 1.807) is 0 Å². The number of nitrogens with one attached hydrogen (secondary N) is 1. The molecule has 0 saturated carbocycles. The van der Waals surface area contributed by atoms with Crippen LogP contribution in [0.5, 0.6) is 0 Å². The van der Waals surface area contributed by atoms with Crippen LogP contribution in [0.15, 0.2) is 54.6 Å². The third kappa shape index (κ3) is 4.31. The zero-order chi connectivity index (χ0) is 20.2. The van der Waals surface area contributed by atoms with E-state index in [1.165, 1.54) is 10.5 Å². The highest BCUT2D eigenvalue weighted by molar-refractivity contribution is 5.97. The highest BCUT2D eigenvalue weighted by Crippen LogP contribution is 2.30. The van der Waals surface area contributed by atoms with Gasteiger partial charge in [0.1, 0.15) is 12.6 Å². The summed E-state index contributed by atoms with van der Waals surface area (Å²) in [5.41, 5.74) is 3.21. The lowest BCUT2D eigenvalue weighted by Crippen LogP contribution is -2.47. The van der Waals surface area contributed by atoms with Gasteiger partial charge in [-0.1, -0.05) is 54.6 Å². The number of amides is 2. The van der Waals surface area contributed by atoms with Crippen LogP contribution < -0.4 is 5.32 Å². The van der Waals surface area contributed by atoms with Crippen molar-refractivity contribution < 1.29 is 19.1 Å². The molecule has 1 aliphatic heterocycles. The number of carbonyl (C=O) groups excluding carboxylic acids is 3. The van der Waals surface area contributed by atoms with Gasteiger partial charge in [-0.15, -0.1) is 0 Å². The van der Waals surface area contributed by atoms with E-state index in [1.807, 2.05) is 48.5 Å². The van der Waals surface area contributed by atoms with Gasteiger partial charge in [-0.3, -0.25) is 14.5 Å². The maximum atomic E-state index is 12.9. The molecule has 0 spiro atoms. The Morgan fingerprint density at radius 3 is 2.66 bits per heavy atom. The van der Waals surface area contributed by atoms with Crippen molar-refractivity contribution in [3.05, 3.63) is 71.3 Å². The minimum Gasteiger partial charge on any atom is -0.445 e. The van der Waals surface area contributed by atoms with Gasteiger partial charge in [0.05, 0.1) is 12.6 Å². The molecule has 1 saturated heterocycles. The molecule has 0 radical (unpaired) electrons. The molecule has 1 unspecified atom stereocenters. The first-order valence-corrected chi connectivity index (χ1v) is 9.99. The van der Waals surface area contributed by atoms with Crippen molar-refractivity contribution in [3.63, 3.8) is 0 Å². The first-order chi connectivity index (χ1) is 14.1. The Morgan fingerprint density at radius 1 is 1.07 bits per heavy atom. The van der Waals surface area contributed by atoms with Crippen molar-refractivity contribution in [1.29, 1.82) is 0 Å². The number of hydrogen-bond acceptors (Lipinski definition) is 4. The Hall–Kier alpha value is -3.15. The quantitative estimate of drug-likeness (QED) is 0.867. The van der Waals surface area contributed by atoms with E-state index in [0.717, 1.165) is 30.4 Å². The summed E-state index contributed by atoms with van der Waals surface area (Å²) in [6.07, 6.45) is 2.24. The smallest absolute Gasteiger partial charge is 0.411 e. The number of fused-ring (bicyclic) bond motifs is 1. The SMILES string of the molecule is O=C1C[C@@H](C(=O)NC2CCCc3ccccc32)N(C(=O)OCc2ccccc2)C1. The number of benzene rings is 2. The molecule has 6 heteroatoms.